The molecule has 4 heteroatoms. The molecule has 0 radical (unpaired) electrons. The normalized spacial score (nSPS) is 20.5. The minimum Gasteiger partial charge on any atom is -0.365 e. The van der Waals surface area contributed by atoms with Gasteiger partial charge in [-0.05, 0) is 19.1 Å². The number of nitrogens with one attached hydrogen (secondary N) is 1. The molecule has 1 atom stereocenters. The molecule has 0 spiro atoms. The molecule has 1 heterocycles. The van der Waals surface area contributed by atoms with Crippen LogP contribution in [0.25, 0.3) is 0 Å². The molecular weight excluding hydrogens is 186 g/mol. The summed E-state index contributed by atoms with van der Waals surface area (Å²) in [4.78, 5) is 4.03. The Bertz CT molecular complexity index is 367. The highest BCUT2D eigenvalue weighted by Crippen LogP contribution is 2.14. The zero-order valence-corrected chi connectivity index (χ0v) is 7.72. The molecule has 0 aliphatic carbocycles. The number of benzene rings is 1. The molecule has 1 N–H and O–H groups in total. The Morgan fingerprint density at radius 2 is 2.00 bits per heavy atom. The minimum absolute atomic E-state index is 0.0585. The van der Waals surface area contributed by atoms with E-state index in [1.165, 1.54) is 18.2 Å². The van der Waals surface area contributed by atoms with Gasteiger partial charge in [0.15, 0.2) is 0 Å². The Labute approximate surface area is 80.7 Å². The molecule has 1 aromatic rings. The minimum atomic E-state index is -0.578. The van der Waals surface area contributed by atoms with Gasteiger partial charge in [0.25, 0.3) is 0 Å². The lowest BCUT2D eigenvalue weighted by molar-refractivity contribution is 0.577. The summed E-state index contributed by atoms with van der Waals surface area (Å²) in [5.41, 5.74) is -0.0585. The zero-order chi connectivity index (χ0) is 10.1. The second kappa shape index (κ2) is 3.36. The van der Waals surface area contributed by atoms with E-state index in [0.717, 1.165) is 0 Å². The SMILES string of the molecule is CC1CN=C(c2c(F)cccc2F)N1. The summed E-state index contributed by atoms with van der Waals surface area (Å²) >= 11 is 0. The number of hydrogen-bond acceptors (Lipinski definition) is 2. The number of hydrogen-bond donors (Lipinski definition) is 1. The number of aliphatic imine (C=N–C) groups is 1. The van der Waals surface area contributed by atoms with Gasteiger partial charge in [-0.1, -0.05) is 6.07 Å². The first-order valence-electron chi connectivity index (χ1n) is 4.44. The standard InChI is InChI=1S/C10H10F2N2/c1-6-5-13-10(14-6)9-7(11)3-2-4-8(9)12/h2-4,6H,5H2,1H3,(H,13,14). The maximum atomic E-state index is 13.3. The van der Waals surface area contributed by atoms with Gasteiger partial charge < -0.3 is 5.32 Å². The molecule has 0 aromatic heterocycles. The second-order valence-corrected chi connectivity index (χ2v) is 3.33. The van der Waals surface area contributed by atoms with Gasteiger partial charge in [0.2, 0.25) is 0 Å². The van der Waals surface area contributed by atoms with E-state index in [-0.39, 0.29) is 11.6 Å². The Hall–Kier alpha value is -1.45. The predicted octanol–water partition coefficient (Wildman–Crippen LogP) is 1.70. The number of rotatable bonds is 1. The lowest BCUT2D eigenvalue weighted by atomic mass is 10.2. The van der Waals surface area contributed by atoms with Crippen LogP contribution in [0.2, 0.25) is 0 Å². The molecule has 2 nitrogen and oxygen atoms in total. The molecule has 0 fully saturated rings. The van der Waals surface area contributed by atoms with Crippen molar-refractivity contribution in [2.75, 3.05) is 6.54 Å². The highest BCUT2D eigenvalue weighted by atomic mass is 19.1. The van der Waals surface area contributed by atoms with Gasteiger partial charge in [-0.3, -0.25) is 4.99 Å². The van der Waals surface area contributed by atoms with Crippen molar-refractivity contribution in [1.82, 2.24) is 5.32 Å². The van der Waals surface area contributed by atoms with Gasteiger partial charge in [-0.2, -0.15) is 0 Å². The van der Waals surface area contributed by atoms with Gasteiger partial charge in [0, 0.05) is 6.04 Å². The average Bonchev–Trinajstić information content (AvgIpc) is 2.51. The smallest absolute Gasteiger partial charge is 0.137 e. The van der Waals surface area contributed by atoms with E-state index in [9.17, 15) is 8.78 Å². The van der Waals surface area contributed by atoms with Gasteiger partial charge in [0.1, 0.15) is 17.5 Å². The topological polar surface area (TPSA) is 24.4 Å². The van der Waals surface area contributed by atoms with Crippen molar-refractivity contribution in [2.24, 2.45) is 4.99 Å². The lowest BCUT2D eigenvalue weighted by Gasteiger charge is -2.07. The lowest BCUT2D eigenvalue weighted by Crippen LogP contribution is -2.29. The van der Waals surface area contributed by atoms with Crippen molar-refractivity contribution < 1.29 is 8.78 Å². The van der Waals surface area contributed by atoms with Gasteiger partial charge in [-0.15, -0.1) is 0 Å². The first kappa shape index (κ1) is 9.12. The van der Waals surface area contributed by atoms with Crippen molar-refractivity contribution in [2.45, 2.75) is 13.0 Å². The van der Waals surface area contributed by atoms with Crippen LogP contribution in [-0.4, -0.2) is 18.4 Å². The van der Waals surface area contributed by atoms with Crippen molar-refractivity contribution in [3.63, 3.8) is 0 Å². The first-order valence-corrected chi connectivity index (χ1v) is 4.44. The fourth-order valence-electron chi connectivity index (χ4n) is 1.43. The Balaban J connectivity index is 2.42. The van der Waals surface area contributed by atoms with E-state index in [1.807, 2.05) is 6.92 Å². The molecule has 1 aliphatic rings. The largest absolute Gasteiger partial charge is 0.365 e. The monoisotopic (exact) mass is 196 g/mol. The molecule has 0 bridgehead atoms. The summed E-state index contributed by atoms with van der Waals surface area (Å²) in [6.45, 7) is 2.47. The summed E-state index contributed by atoms with van der Waals surface area (Å²) in [5.74, 6) is -0.844. The summed E-state index contributed by atoms with van der Waals surface area (Å²) in [5, 5.41) is 2.92. The number of halogens is 2. The molecule has 1 aromatic carbocycles. The van der Waals surface area contributed by atoms with Crippen LogP contribution in [0.4, 0.5) is 8.78 Å². The molecule has 14 heavy (non-hydrogen) atoms. The van der Waals surface area contributed by atoms with Crippen molar-refractivity contribution >= 4 is 5.84 Å². The Kier molecular flexibility index (Phi) is 2.19. The summed E-state index contributed by atoms with van der Waals surface area (Å²) in [6.07, 6.45) is 0. The van der Waals surface area contributed by atoms with Crippen LogP contribution in [0, 0.1) is 11.6 Å². The maximum absolute atomic E-state index is 13.3. The summed E-state index contributed by atoms with van der Waals surface area (Å²) < 4.78 is 26.5. The van der Waals surface area contributed by atoms with Crippen LogP contribution < -0.4 is 5.32 Å². The maximum Gasteiger partial charge on any atom is 0.137 e. The summed E-state index contributed by atoms with van der Waals surface area (Å²) in [6, 6.07) is 3.94. The molecule has 74 valence electrons. The van der Waals surface area contributed by atoms with Gasteiger partial charge in [0.05, 0.1) is 12.1 Å². The van der Waals surface area contributed by atoms with E-state index in [1.54, 1.807) is 0 Å². The van der Waals surface area contributed by atoms with Crippen LogP contribution in [0.15, 0.2) is 23.2 Å². The van der Waals surface area contributed by atoms with E-state index >= 15 is 0 Å². The highest BCUT2D eigenvalue weighted by Gasteiger charge is 2.20. The van der Waals surface area contributed by atoms with E-state index < -0.39 is 11.6 Å². The van der Waals surface area contributed by atoms with E-state index in [0.29, 0.717) is 12.4 Å². The second-order valence-electron chi connectivity index (χ2n) is 3.33. The van der Waals surface area contributed by atoms with Crippen molar-refractivity contribution in [3.8, 4) is 0 Å². The molecule has 1 unspecified atom stereocenters. The predicted molar refractivity (Wildman–Crippen MR) is 50.4 cm³/mol. The van der Waals surface area contributed by atoms with Crippen molar-refractivity contribution in [1.29, 1.82) is 0 Å². The van der Waals surface area contributed by atoms with Crippen LogP contribution in [0.3, 0.4) is 0 Å². The van der Waals surface area contributed by atoms with Crippen LogP contribution in [0.1, 0.15) is 12.5 Å². The first-order chi connectivity index (χ1) is 6.68. The summed E-state index contributed by atoms with van der Waals surface area (Å²) in [7, 11) is 0. The van der Waals surface area contributed by atoms with Gasteiger partial charge in [-0.25, -0.2) is 8.78 Å². The van der Waals surface area contributed by atoms with E-state index in [2.05, 4.69) is 10.3 Å². The molecule has 1 aliphatic heterocycles. The molecular formula is C10H10F2N2. The third-order valence-electron chi connectivity index (χ3n) is 2.11. The Morgan fingerprint density at radius 1 is 1.36 bits per heavy atom. The quantitative estimate of drug-likeness (QED) is 0.726. The highest BCUT2D eigenvalue weighted by molar-refractivity contribution is 6.00. The molecule has 0 saturated carbocycles. The van der Waals surface area contributed by atoms with Gasteiger partial charge >= 0.3 is 0 Å². The van der Waals surface area contributed by atoms with Crippen molar-refractivity contribution in [3.05, 3.63) is 35.4 Å². The van der Waals surface area contributed by atoms with Crippen LogP contribution in [0.5, 0.6) is 0 Å². The third-order valence-corrected chi connectivity index (χ3v) is 2.11. The molecule has 2 rings (SSSR count). The molecule has 0 amide bonds. The van der Waals surface area contributed by atoms with Crippen LogP contribution in [-0.2, 0) is 0 Å². The fraction of sp³-hybridized carbons (Fsp3) is 0.300. The van der Waals surface area contributed by atoms with E-state index in [4.69, 9.17) is 0 Å². The average molecular weight is 196 g/mol. The number of amidine groups is 1. The Morgan fingerprint density at radius 3 is 2.50 bits per heavy atom. The zero-order valence-electron chi connectivity index (χ0n) is 7.72. The van der Waals surface area contributed by atoms with Crippen LogP contribution >= 0.6 is 0 Å². The fourth-order valence-corrected chi connectivity index (χ4v) is 1.43. The number of nitrogens with zero attached hydrogens (tertiary/aromatic N) is 1. The molecule has 0 saturated heterocycles. The third kappa shape index (κ3) is 1.47.